The lowest BCUT2D eigenvalue weighted by molar-refractivity contribution is -0.115. The number of rotatable bonds is 5. The molecule has 2 rings (SSSR count). The Morgan fingerprint density at radius 2 is 1.90 bits per heavy atom. The van der Waals surface area contributed by atoms with E-state index in [0.717, 1.165) is 22.6 Å². The average Bonchev–Trinajstić information content (AvgIpc) is 2.47. The molecule has 0 unspecified atom stereocenters. The van der Waals surface area contributed by atoms with Gasteiger partial charge in [-0.05, 0) is 35.4 Å². The van der Waals surface area contributed by atoms with E-state index < -0.39 is 0 Å². The predicted octanol–water partition coefficient (Wildman–Crippen LogP) is 2.34. The van der Waals surface area contributed by atoms with E-state index in [1.165, 1.54) is 0 Å². The highest BCUT2D eigenvalue weighted by Crippen LogP contribution is 2.14. The van der Waals surface area contributed by atoms with Gasteiger partial charge in [0.2, 0.25) is 5.91 Å². The highest BCUT2D eigenvalue weighted by atomic mass is 16.5. The monoisotopic (exact) mass is 270 g/mol. The number of nitrogens with two attached hydrogens (primary N) is 1. The minimum atomic E-state index is -0.0626. The zero-order valence-electron chi connectivity index (χ0n) is 11.4. The first-order valence-corrected chi connectivity index (χ1v) is 6.43. The molecular weight excluding hydrogens is 252 g/mol. The highest BCUT2D eigenvalue weighted by molar-refractivity contribution is 5.92. The van der Waals surface area contributed by atoms with Crippen LogP contribution in [0.4, 0.5) is 5.69 Å². The Kier molecular flexibility index (Phi) is 4.74. The fourth-order valence-corrected chi connectivity index (χ4v) is 1.95. The Balaban J connectivity index is 2.01. The molecule has 20 heavy (non-hydrogen) atoms. The van der Waals surface area contributed by atoms with E-state index >= 15 is 0 Å². The number of methoxy groups -OCH3 is 1. The van der Waals surface area contributed by atoms with Crippen molar-refractivity contribution in [3.05, 3.63) is 59.7 Å². The molecule has 0 radical (unpaired) electrons. The van der Waals surface area contributed by atoms with Gasteiger partial charge < -0.3 is 15.8 Å². The summed E-state index contributed by atoms with van der Waals surface area (Å²) in [6.07, 6.45) is 0.310. The van der Waals surface area contributed by atoms with Crippen LogP contribution >= 0.6 is 0 Å². The minimum absolute atomic E-state index is 0.0626. The van der Waals surface area contributed by atoms with Crippen LogP contribution in [0.25, 0.3) is 0 Å². The molecule has 0 aliphatic rings. The summed E-state index contributed by atoms with van der Waals surface area (Å²) in [5.41, 5.74) is 8.25. The SMILES string of the molecule is COc1cccc(CC(=O)Nc2cccc(CN)c2)c1. The molecule has 0 saturated heterocycles. The third-order valence-corrected chi connectivity index (χ3v) is 2.95. The minimum Gasteiger partial charge on any atom is -0.497 e. The van der Waals surface area contributed by atoms with Gasteiger partial charge in [0, 0.05) is 12.2 Å². The van der Waals surface area contributed by atoms with Crippen molar-refractivity contribution in [3.8, 4) is 5.75 Å². The summed E-state index contributed by atoms with van der Waals surface area (Å²) in [4.78, 5) is 12.0. The number of benzene rings is 2. The third kappa shape index (κ3) is 3.83. The van der Waals surface area contributed by atoms with Crippen LogP contribution in [-0.4, -0.2) is 13.0 Å². The number of nitrogens with one attached hydrogen (secondary N) is 1. The highest BCUT2D eigenvalue weighted by Gasteiger charge is 2.05. The zero-order valence-corrected chi connectivity index (χ0v) is 11.4. The van der Waals surface area contributed by atoms with E-state index in [2.05, 4.69) is 5.32 Å². The molecule has 0 aromatic heterocycles. The number of ether oxygens (including phenoxy) is 1. The smallest absolute Gasteiger partial charge is 0.228 e. The normalized spacial score (nSPS) is 10.1. The zero-order chi connectivity index (χ0) is 14.4. The third-order valence-electron chi connectivity index (χ3n) is 2.95. The Hall–Kier alpha value is -2.33. The average molecular weight is 270 g/mol. The standard InChI is InChI=1S/C16H18N2O2/c1-20-15-7-3-4-12(9-15)10-16(19)18-14-6-2-5-13(8-14)11-17/h2-9H,10-11,17H2,1H3,(H,18,19). The lowest BCUT2D eigenvalue weighted by Gasteiger charge is -2.07. The van der Waals surface area contributed by atoms with Crippen LogP contribution in [0, 0.1) is 0 Å². The number of carbonyl (C=O) groups is 1. The maximum absolute atomic E-state index is 12.0. The van der Waals surface area contributed by atoms with Gasteiger partial charge in [-0.1, -0.05) is 24.3 Å². The van der Waals surface area contributed by atoms with Crippen molar-refractivity contribution in [2.75, 3.05) is 12.4 Å². The van der Waals surface area contributed by atoms with E-state index in [1.807, 2.05) is 48.5 Å². The van der Waals surface area contributed by atoms with Crippen molar-refractivity contribution in [1.82, 2.24) is 0 Å². The summed E-state index contributed by atoms with van der Waals surface area (Å²) < 4.78 is 5.14. The maximum Gasteiger partial charge on any atom is 0.228 e. The van der Waals surface area contributed by atoms with Crippen LogP contribution in [0.5, 0.6) is 5.75 Å². The molecule has 4 heteroatoms. The number of anilines is 1. The first-order chi connectivity index (χ1) is 9.71. The summed E-state index contributed by atoms with van der Waals surface area (Å²) >= 11 is 0. The number of hydrogen-bond donors (Lipinski definition) is 2. The number of carbonyl (C=O) groups excluding carboxylic acids is 1. The first kappa shape index (κ1) is 14.1. The van der Waals surface area contributed by atoms with Gasteiger partial charge in [-0.25, -0.2) is 0 Å². The number of hydrogen-bond acceptors (Lipinski definition) is 3. The maximum atomic E-state index is 12.0. The van der Waals surface area contributed by atoms with E-state index in [-0.39, 0.29) is 5.91 Å². The van der Waals surface area contributed by atoms with Crippen LogP contribution in [0.1, 0.15) is 11.1 Å². The predicted molar refractivity (Wildman–Crippen MR) is 79.7 cm³/mol. The quantitative estimate of drug-likeness (QED) is 0.876. The van der Waals surface area contributed by atoms with Crippen molar-refractivity contribution in [1.29, 1.82) is 0 Å². The second-order valence-corrected chi connectivity index (χ2v) is 4.48. The van der Waals surface area contributed by atoms with Crippen molar-refractivity contribution in [3.63, 3.8) is 0 Å². The van der Waals surface area contributed by atoms with Crippen LogP contribution in [0.15, 0.2) is 48.5 Å². The van der Waals surface area contributed by atoms with Crippen LogP contribution < -0.4 is 15.8 Å². The Labute approximate surface area is 118 Å². The van der Waals surface area contributed by atoms with Crippen molar-refractivity contribution in [2.45, 2.75) is 13.0 Å². The molecule has 0 saturated carbocycles. The van der Waals surface area contributed by atoms with Crippen molar-refractivity contribution < 1.29 is 9.53 Å². The van der Waals surface area contributed by atoms with Crippen molar-refractivity contribution >= 4 is 11.6 Å². The molecule has 4 nitrogen and oxygen atoms in total. The summed E-state index contributed by atoms with van der Waals surface area (Å²) in [6.45, 7) is 0.458. The Morgan fingerprint density at radius 1 is 1.15 bits per heavy atom. The molecule has 0 spiro atoms. The molecule has 0 heterocycles. The molecule has 0 aliphatic carbocycles. The van der Waals surface area contributed by atoms with Gasteiger partial charge in [0.25, 0.3) is 0 Å². The summed E-state index contributed by atoms with van der Waals surface area (Å²) in [5.74, 6) is 0.688. The molecule has 2 aromatic carbocycles. The van der Waals surface area contributed by atoms with Gasteiger partial charge >= 0.3 is 0 Å². The largest absolute Gasteiger partial charge is 0.497 e. The van der Waals surface area contributed by atoms with E-state index in [1.54, 1.807) is 7.11 Å². The number of amides is 1. The van der Waals surface area contributed by atoms with Gasteiger partial charge in [-0.3, -0.25) is 4.79 Å². The van der Waals surface area contributed by atoms with Crippen molar-refractivity contribution in [2.24, 2.45) is 5.73 Å². The van der Waals surface area contributed by atoms with Gasteiger partial charge in [0.15, 0.2) is 0 Å². The summed E-state index contributed by atoms with van der Waals surface area (Å²) in [7, 11) is 1.61. The summed E-state index contributed by atoms with van der Waals surface area (Å²) in [6, 6.07) is 15.0. The second-order valence-electron chi connectivity index (χ2n) is 4.48. The fraction of sp³-hybridized carbons (Fsp3) is 0.188. The van der Waals surface area contributed by atoms with E-state index in [4.69, 9.17) is 10.5 Å². The fourth-order valence-electron chi connectivity index (χ4n) is 1.95. The molecule has 3 N–H and O–H groups in total. The molecule has 104 valence electrons. The molecule has 1 amide bonds. The topological polar surface area (TPSA) is 64.3 Å². The lowest BCUT2D eigenvalue weighted by atomic mass is 10.1. The van der Waals surface area contributed by atoms with E-state index in [0.29, 0.717) is 13.0 Å². The Morgan fingerprint density at radius 3 is 2.65 bits per heavy atom. The van der Waals surface area contributed by atoms with Crippen LogP contribution in [0.2, 0.25) is 0 Å². The second kappa shape index (κ2) is 6.73. The molecule has 0 bridgehead atoms. The van der Waals surface area contributed by atoms with Crippen LogP contribution in [-0.2, 0) is 17.8 Å². The van der Waals surface area contributed by atoms with Gasteiger partial charge in [-0.2, -0.15) is 0 Å². The first-order valence-electron chi connectivity index (χ1n) is 6.43. The lowest BCUT2D eigenvalue weighted by Crippen LogP contribution is -2.14. The van der Waals surface area contributed by atoms with E-state index in [9.17, 15) is 4.79 Å². The molecule has 0 atom stereocenters. The van der Waals surface area contributed by atoms with Gasteiger partial charge in [0.1, 0.15) is 5.75 Å². The molecule has 2 aromatic rings. The van der Waals surface area contributed by atoms with Gasteiger partial charge in [0.05, 0.1) is 13.5 Å². The Bertz CT molecular complexity index is 545. The molecular formula is C16H18N2O2. The molecule has 0 fully saturated rings. The van der Waals surface area contributed by atoms with Gasteiger partial charge in [-0.15, -0.1) is 0 Å². The summed E-state index contributed by atoms with van der Waals surface area (Å²) in [5, 5.41) is 2.87. The van der Waals surface area contributed by atoms with Crippen LogP contribution in [0.3, 0.4) is 0 Å². The molecule has 0 aliphatic heterocycles.